The normalized spacial score (nSPS) is 21.2. The molecule has 1 rings (SSSR count). The zero-order valence-electron chi connectivity index (χ0n) is 11.0. The Bertz CT molecular complexity index is 250. The molecule has 1 amide bonds. The summed E-state index contributed by atoms with van der Waals surface area (Å²) >= 11 is 0. The fourth-order valence-electron chi connectivity index (χ4n) is 1.77. The van der Waals surface area contributed by atoms with Crippen LogP contribution in [0.4, 0.5) is 0 Å². The molecule has 3 N–H and O–H groups in total. The molecule has 5 nitrogen and oxygen atoms in total. The molecule has 0 radical (unpaired) electrons. The Kier molecular flexibility index (Phi) is 5.36. The van der Waals surface area contributed by atoms with Gasteiger partial charge in [-0.2, -0.15) is 0 Å². The summed E-state index contributed by atoms with van der Waals surface area (Å²) in [7, 11) is 0. The fourth-order valence-corrected chi connectivity index (χ4v) is 1.77. The molecule has 0 aromatic heterocycles. The smallest absolute Gasteiger partial charge is 0.237 e. The van der Waals surface area contributed by atoms with Crippen LogP contribution in [0, 0.1) is 0 Å². The number of carbonyl (C=O) groups excluding carboxylic acids is 1. The van der Waals surface area contributed by atoms with Gasteiger partial charge in [0.1, 0.15) is 0 Å². The molecule has 0 saturated carbocycles. The van der Waals surface area contributed by atoms with Crippen molar-refractivity contribution in [3.8, 4) is 0 Å². The summed E-state index contributed by atoms with van der Waals surface area (Å²) in [6, 6.07) is -0.151. The molecule has 1 heterocycles. The van der Waals surface area contributed by atoms with Crippen LogP contribution >= 0.6 is 0 Å². The first-order valence-electron chi connectivity index (χ1n) is 6.27. The third-order valence-corrected chi connectivity index (χ3v) is 2.99. The molecule has 0 bridgehead atoms. The van der Waals surface area contributed by atoms with E-state index in [9.17, 15) is 9.90 Å². The van der Waals surface area contributed by atoms with E-state index in [2.05, 4.69) is 10.6 Å². The minimum atomic E-state index is -0.732. The maximum absolute atomic E-state index is 11.7. The standard InChI is InChI=1S/C12H24N2O3/c1-9(2)14-11(15)10(3)13-8-12(16)4-6-17-7-5-12/h9-10,13,16H,4-8H2,1-3H3,(H,14,15). The van der Waals surface area contributed by atoms with E-state index >= 15 is 0 Å². The van der Waals surface area contributed by atoms with E-state index in [-0.39, 0.29) is 18.0 Å². The molecule has 1 aliphatic heterocycles. The second kappa shape index (κ2) is 6.33. The average Bonchev–Trinajstić information content (AvgIpc) is 2.26. The number of nitrogens with one attached hydrogen (secondary N) is 2. The fraction of sp³-hybridized carbons (Fsp3) is 0.917. The van der Waals surface area contributed by atoms with Crippen molar-refractivity contribution < 1.29 is 14.6 Å². The predicted molar refractivity (Wildman–Crippen MR) is 65.7 cm³/mol. The van der Waals surface area contributed by atoms with Gasteiger partial charge >= 0.3 is 0 Å². The third kappa shape index (κ3) is 5.02. The van der Waals surface area contributed by atoms with Crippen molar-refractivity contribution in [1.82, 2.24) is 10.6 Å². The van der Waals surface area contributed by atoms with Crippen LogP contribution in [0.25, 0.3) is 0 Å². The highest BCUT2D eigenvalue weighted by Gasteiger charge is 2.30. The number of aliphatic hydroxyl groups is 1. The Morgan fingerprint density at radius 3 is 2.47 bits per heavy atom. The van der Waals surface area contributed by atoms with Crippen LogP contribution in [0.3, 0.4) is 0 Å². The van der Waals surface area contributed by atoms with Gasteiger partial charge in [-0.1, -0.05) is 0 Å². The molecule has 1 fully saturated rings. The van der Waals surface area contributed by atoms with Gasteiger partial charge in [-0.25, -0.2) is 0 Å². The SMILES string of the molecule is CC(C)NC(=O)C(C)NCC1(O)CCOCC1. The Morgan fingerprint density at radius 2 is 1.94 bits per heavy atom. The molecule has 1 atom stereocenters. The number of hydrogen-bond donors (Lipinski definition) is 3. The summed E-state index contributed by atoms with van der Waals surface area (Å²) in [6.07, 6.45) is 1.25. The molecule has 0 aromatic carbocycles. The van der Waals surface area contributed by atoms with E-state index in [1.807, 2.05) is 13.8 Å². The molecule has 100 valence electrons. The third-order valence-electron chi connectivity index (χ3n) is 2.99. The van der Waals surface area contributed by atoms with E-state index in [1.165, 1.54) is 0 Å². The summed E-state index contributed by atoms with van der Waals surface area (Å²) in [4.78, 5) is 11.7. The van der Waals surface area contributed by atoms with E-state index < -0.39 is 5.60 Å². The van der Waals surface area contributed by atoms with Crippen molar-refractivity contribution in [1.29, 1.82) is 0 Å². The molecule has 17 heavy (non-hydrogen) atoms. The van der Waals surface area contributed by atoms with Gasteiger partial charge in [0.05, 0.1) is 11.6 Å². The summed E-state index contributed by atoms with van der Waals surface area (Å²) < 4.78 is 5.20. The number of ether oxygens (including phenoxy) is 1. The van der Waals surface area contributed by atoms with Crippen molar-refractivity contribution in [3.63, 3.8) is 0 Å². The Hall–Kier alpha value is -0.650. The highest BCUT2D eigenvalue weighted by molar-refractivity contribution is 5.81. The van der Waals surface area contributed by atoms with Crippen molar-refractivity contribution in [2.75, 3.05) is 19.8 Å². The maximum atomic E-state index is 11.7. The predicted octanol–water partition coefficient (Wildman–Crippen LogP) is 0.0306. The minimum absolute atomic E-state index is 0.0318. The van der Waals surface area contributed by atoms with Crippen LogP contribution in [0.2, 0.25) is 0 Å². The molecule has 1 unspecified atom stereocenters. The lowest BCUT2D eigenvalue weighted by atomic mass is 9.94. The van der Waals surface area contributed by atoms with Gasteiger partial charge in [-0.15, -0.1) is 0 Å². The summed E-state index contributed by atoms with van der Waals surface area (Å²) in [5.74, 6) is -0.0318. The van der Waals surface area contributed by atoms with Gasteiger partial charge in [0.2, 0.25) is 5.91 Å². The van der Waals surface area contributed by atoms with E-state index in [4.69, 9.17) is 4.74 Å². The summed E-state index contributed by atoms with van der Waals surface area (Å²) in [5, 5.41) is 16.1. The van der Waals surface area contributed by atoms with E-state index in [1.54, 1.807) is 6.92 Å². The lowest BCUT2D eigenvalue weighted by Crippen LogP contribution is -2.51. The number of carbonyl (C=O) groups is 1. The molecule has 0 spiro atoms. The van der Waals surface area contributed by atoms with Gasteiger partial charge in [0.15, 0.2) is 0 Å². The zero-order chi connectivity index (χ0) is 12.9. The second-order valence-electron chi connectivity index (χ2n) is 5.10. The van der Waals surface area contributed by atoms with E-state index in [0.29, 0.717) is 32.6 Å². The Morgan fingerprint density at radius 1 is 1.35 bits per heavy atom. The second-order valence-corrected chi connectivity index (χ2v) is 5.10. The van der Waals surface area contributed by atoms with Crippen molar-refractivity contribution >= 4 is 5.91 Å². The van der Waals surface area contributed by atoms with Gasteiger partial charge in [-0.05, 0) is 20.8 Å². The number of amides is 1. The molecule has 0 aliphatic carbocycles. The number of rotatable bonds is 5. The molecule has 1 saturated heterocycles. The maximum Gasteiger partial charge on any atom is 0.237 e. The lowest BCUT2D eigenvalue weighted by molar-refractivity contribution is -0.123. The Labute approximate surface area is 103 Å². The van der Waals surface area contributed by atoms with Crippen LogP contribution < -0.4 is 10.6 Å². The van der Waals surface area contributed by atoms with Crippen LogP contribution in [0.1, 0.15) is 33.6 Å². The summed E-state index contributed by atoms with van der Waals surface area (Å²) in [5.41, 5.74) is -0.732. The highest BCUT2D eigenvalue weighted by atomic mass is 16.5. The van der Waals surface area contributed by atoms with Crippen LogP contribution in [0.15, 0.2) is 0 Å². The van der Waals surface area contributed by atoms with Crippen molar-refractivity contribution in [2.24, 2.45) is 0 Å². The quantitative estimate of drug-likeness (QED) is 0.638. The van der Waals surface area contributed by atoms with Gasteiger partial charge in [-0.3, -0.25) is 4.79 Å². The van der Waals surface area contributed by atoms with Crippen LogP contribution in [0.5, 0.6) is 0 Å². The first-order chi connectivity index (χ1) is 7.93. The average molecular weight is 244 g/mol. The first-order valence-corrected chi connectivity index (χ1v) is 6.27. The van der Waals surface area contributed by atoms with Crippen LogP contribution in [-0.4, -0.2) is 48.5 Å². The zero-order valence-corrected chi connectivity index (χ0v) is 11.0. The van der Waals surface area contributed by atoms with Gasteiger partial charge in [0, 0.05) is 38.6 Å². The van der Waals surface area contributed by atoms with Gasteiger partial charge < -0.3 is 20.5 Å². The van der Waals surface area contributed by atoms with E-state index in [0.717, 1.165) is 0 Å². The van der Waals surface area contributed by atoms with Crippen LogP contribution in [-0.2, 0) is 9.53 Å². The highest BCUT2D eigenvalue weighted by Crippen LogP contribution is 2.19. The monoisotopic (exact) mass is 244 g/mol. The first kappa shape index (κ1) is 14.4. The molecule has 1 aliphatic rings. The molecule has 5 heteroatoms. The minimum Gasteiger partial charge on any atom is -0.388 e. The molecular formula is C12H24N2O3. The van der Waals surface area contributed by atoms with Crippen molar-refractivity contribution in [3.05, 3.63) is 0 Å². The Balaban J connectivity index is 2.31. The molecule has 0 aromatic rings. The largest absolute Gasteiger partial charge is 0.388 e. The molecular weight excluding hydrogens is 220 g/mol. The summed E-state index contributed by atoms with van der Waals surface area (Å²) in [6.45, 7) is 7.27. The lowest BCUT2D eigenvalue weighted by Gasteiger charge is -2.33. The van der Waals surface area contributed by atoms with Gasteiger partial charge in [0.25, 0.3) is 0 Å². The topological polar surface area (TPSA) is 70.6 Å². The number of hydrogen-bond acceptors (Lipinski definition) is 4. The van der Waals surface area contributed by atoms with Crippen molar-refractivity contribution in [2.45, 2.75) is 51.3 Å².